The fraction of sp³-hybridized carbons (Fsp3) is 0.353. The maximum Gasteiger partial charge on any atom is 0.172 e. The molecule has 1 fully saturated rings. The van der Waals surface area contributed by atoms with E-state index in [-0.39, 0.29) is 17.4 Å². The van der Waals surface area contributed by atoms with E-state index in [4.69, 9.17) is 4.74 Å². The Morgan fingerprint density at radius 3 is 3.12 bits per heavy atom. The van der Waals surface area contributed by atoms with Crippen LogP contribution >= 0.6 is 32.8 Å². The van der Waals surface area contributed by atoms with Crippen molar-refractivity contribution in [1.82, 2.24) is 5.32 Å². The van der Waals surface area contributed by atoms with E-state index in [1.807, 2.05) is 19.1 Å². The van der Waals surface area contributed by atoms with Gasteiger partial charge in [0.2, 0.25) is 0 Å². The molecule has 0 radical (unpaired) electrons. The predicted octanol–water partition coefficient (Wildman–Crippen LogP) is 3.74. The van der Waals surface area contributed by atoms with E-state index in [9.17, 15) is 5.11 Å². The average molecular weight is 470 g/mol. The summed E-state index contributed by atoms with van der Waals surface area (Å²) in [6.45, 7) is 3.43. The molecule has 0 aromatic heterocycles. The number of azo groups is 1. The Morgan fingerprint density at radius 2 is 2.24 bits per heavy atom. The molecular formula is C17H19IN4O2S. The van der Waals surface area contributed by atoms with Crippen LogP contribution in [0.5, 0.6) is 0 Å². The summed E-state index contributed by atoms with van der Waals surface area (Å²) in [4.78, 5) is 1.19. The summed E-state index contributed by atoms with van der Waals surface area (Å²) in [7, 11) is 2.09. The van der Waals surface area contributed by atoms with Crippen molar-refractivity contribution in [2.75, 3.05) is 23.3 Å². The van der Waals surface area contributed by atoms with Gasteiger partial charge in [0.05, 0.1) is 23.9 Å². The molecule has 6 nitrogen and oxygen atoms in total. The molecule has 1 aliphatic carbocycles. The van der Waals surface area contributed by atoms with Crippen LogP contribution in [-0.2, 0) is 4.74 Å². The fourth-order valence-corrected chi connectivity index (χ4v) is 7.12. The van der Waals surface area contributed by atoms with Gasteiger partial charge in [-0.1, -0.05) is 23.9 Å². The molecule has 3 aliphatic rings. The van der Waals surface area contributed by atoms with Gasteiger partial charge in [-0.3, -0.25) is 0 Å². The highest BCUT2D eigenvalue weighted by atomic mass is 127. The summed E-state index contributed by atoms with van der Waals surface area (Å²) in [6, 6.07) is 8.31. The van der Waals surface area contributed by atoms with Crippen molar-refractivity contribution >= 4 is 41.4 Å². The summed E-state index contributed by atoms with van der Waals surface area (Å²) < 4.78 is 9.07. The number of nitrogens with zero attached hydrogens (tertiary/aromatic N) is 3. The molecule has 0 spiro atoms. The van der Waals surface area contributed by atoms with Gasteiger partial charge in [-0.05, 0) is 31.2 Å². The molecule has 2 aliphatic heterocycles. The minimum Gasteiger partial charge on any atom is -0.506 e. The smallest absolute Gasteiger partial charge is 0.172 e. The van der Waals surface area contributed by atoms with E-state index >= 15 is 0 Å². The van der Waals surface area contributed by atoms with Gasteiger partial charge in [-0.25, -0.2) is 0 Å². The molecule has 0 saturated carbocycles. The number of thioether (sulfide) groups is 1. The highest BCUT2D eigenvalue weighted by Crippen LogP contribution is 2.41. The molecule has 4 rings (SSSR count). The number of hydrogen-bond donors (Lipinski definition) is 2. The number of nitrogens with one attached hydrogen (secondary N) is 1. The lowest BCUT2D eigenvalue weighted by atomic mass is 9.87. The number of hydrogen-bond acceptors (Lipinski definition) is 7. The van der Waals surface area contributed by atoms with Crippen molar-refractivity contribution in [3.63, 3.8) is 0 Å². The molecule has 1 aromatic carbocycles. The number of anilines is 1. The second-order valence-electron chi connectivity index (χ2n) is 6.17. The minimum atomic E-state index is -0.392. The van der Waals surface area contributed by atoms with Crippen LogP contribution in [-0.4, -0.2) is 39.9 Å². The zero-order valence-corrected chi connectivity index (χ0v) is 16.9. The normalized spacial score (nSPS) is 29.1. The number of ether oxygens (including phenoxy) is 1. The van der Waals surface area contributed by atoms with E-state index in [1.165, 1.54) is 10.6 Å². The van der Waals surface area contributed by atoms with E-state index in [2.05, 4.69) is 43.9 Å². The van der Waals surface area contributed by atoms with E-state index in [0.717, 1.165) is 9.51 Å². The van der Waals surface area contributed by atoms with E-state index < -0.39 is 21.0 Å². The monoisotopic (exact) mass is 470 g/mol. The molecule has 8 heteroatoms. The Labute approximate surface area is 161 Å². The zero-order valence-electron chi connectivity index (χ0n) is 13.9. The maximum absolute atomic E-state index is 10.3. The van der Waals surface area contributed by atoms with Crippen molar-refractivity contribution < 1.29 is 9.84 Å². The number of morpholine rings is 1. The fourth-order valence-electron chi connectivity index (χ4n) is 3.00. The summed E-state index contributed by atoms with van der Waals surface area (Å²) >= 11 is 1.27. The molecule has 1 aromatic rings. The summed E-state index contributed by atoms with van der Waals surface area (Å²) in [5.41, 5.74) is 1.33. The SMILES string of the molecule is CN1I=C(N=NC2=CC3OCCNC3(C)C=C2O)Sc2ccccc21. The van der Waals surface area contributed by atoms with Crippen molar-refractivity contribution in [3.8, 4) is 0 Å². The van der Waals surface area contributed by atoms with Crippen LogP contribution in [0.3, 0.4) is 0 Å². The third kappa shape index (κ3) is 3.40. The Balaban J connectivity index is 1.56. The average Bonchev–Trinajstić information content (AvgIpc) is 2.59. The first-order valence-corrected chi connectivity index (χ1v) is 10.9. The third-order valence-electron chi connectivity index (χ3n) is 4.33. The quantitative estimate of drug-likeness (QED) is 0.392. The Bertz CT molecular complexity index is 823. The number of aliphatic hydroxyl groups excluding tert-OH is 1. The summed E-state index contributed by atoms with van der Waals surface area (Å²) in [6.07, 6.45) is 3.49. The lowest BCUT2D eigenvalue weighted by molar-refractivity contribution is 0.000684. The van der Waals surface area contributed by atoms with Crippen molar-refractivity contribution in [2.45, 2.75) is 23.5 Å². The first-order valence-electron chi connectivity index (χ1n) is 8.00. The van der Waals surface area contributed by atoms with Gasteiger partial charge in [0.15, 0.2) is 2.96 Å². The van der Waals surface area contributed by atoms with Crippen LogP contribution in [0.4, 0.5) is 5.69 Å². The van der Waals surface area contributed by atoms with Gasteiger partial charge in [-0.15, -0.1) is 10.2 Å². The second kappa shape index (κ2) is 6.82. The third-order valence-corrected chi connectivity index (χ3v) is 8.14. The highest BCUT2D eigenvalue weighted by Gasteiger charge is 2.38. The van der Waals surface area contributed by atoms with E-state index in [1.54, 1.807) is 17.8 Å². The van der Waals surface area contributed by atoms with Crippen molar-refractivity contribution in [3.05, 3.63) is 47.9 Å². The number of para-hydroxylation sites is 1. The molecule has 0 bridgehead atoms. The maximum atomic E-state index is 10.3. The van der Waals surface area contributed by atoms with Gasteiger partial charge < -0.3 is 18.3 Å². The van der Waals surface area contributed by atoms with Crippen molar-refractivity contribution in [1.29, 1.82) is 0 Å². The van der Waals surface area contributed by atoms with Gasteiger partial charge in [0, 0.05) is 39.5 Å². The number of rotatable bonds is 2. The zero-order chi connectivity index (χ0) is 17.4. The van der Waals surface area contributed by atoms with Gasteiger partial charge in [-0.2, -0.15) is 0 Å². The van der Waals surface area contributed by atoms with Gasteiger partial charge >= 0.3 is 0 Å². The van der Waals surface area contributed by atoms with Crippen LogP contribution in [0.15, 0.2) is 63.0 Å². The molecule has 2 N–H and O–H groups in total. The topological polar surface area (TPSA) is 69.5 Å². The molecule has 2 heterocycles. The number of benzene rings is 1. The number of fused-ring (bicyclic) bond motifs is 2. The largest absolute Gasteiger partial charge is 0.506 e. The first-order chi connectivity index (χ1) is 12.0. The molecule has 1 saturated heterocycles. The van der Waals surface area contributed by atoms with Crippen molar-refractivity contribution in [2.24, 2.45) is 10.2 Å². The Hall–Kier alpha value is -1.23. The summed E-state index contributed by atoms with van der Waals surface area (Å²) in [5, 5.41) is 22.5. The number of halogens is 1. The summed E-state index contributed by atoms with van der Waals surface area (Å²) in [5.74, 6) is 0.147. The molecule has 0 amide bonds. The minimum absolute atomic E-state index is 0.145. The molecular weight excluding hydrogens is 451 g/mol. The molecule has 2 atom stereocenters. The Morgan fingerprint density at radius 1 is 1.40 bits per heavy atom. The molecule has 2 unspecified atom stereocenters. The Kier molecular flexibility index (Phi) is 4.69. The van der Waals surface area contributed by atoms with Gasteiger partial charge in [0.25, 0.3) is 0 Å². The standard InChI is InChI=1S/C17H19IN4O2S/c1-17-10-13(23)11(9-15(17)24-8-7-19-17)20-21-16-18-22(2)12-5-3-4-6-14(12)25-16/h3-6,9-10,15,19,23H,7-8H2,1-2H3. The molecule has 25 heavy (non-hydrogen) atoms. The van der Waals surface area contributed by atoms with Crippen LogP contribution in [0.2, 0.25) is 0 Å². The van der Waals surface area contributed by atoms with Crippen LogP contribution in [0.25, 0.3) is 0 Å². The molecule has 132 valence electrons. The lowest BCUT2D eigenvalue weighted by Crippen LogP contribution is -2.57. The lowest BCUT2D eigenvalue weighted by Gasteiger charge is -2.40. The number of aliphatic hydroxyl groups is 1. The van der Waals surface area contributed by atoms with Crippen LogP contribution in [0, 0.1) is 0 Å². The first kappa shape index (κ1) is 17.2. The van der Waals surface area contributed by atoms with Gasteiger partial charge in [0.1, 0.15) is 11.5 Å². The van der Waals surface area contributed by atoms with E-state index in [0.29, 0.717) is 12.3 Å². The van der Waals surface area contributed by atoms with Crippen LogP contribution in [0.1, 0.15) is 6.92 Å². The highest BCUT2D eigenvalue weighted by molar-refractivity contribution is 14.2. The van der Waals surface area contributed by atoms with Crippen LogP contribution < -0.4 is 8.43 Å². The second-order valence-corrected chi connectivity index (χ2v) is 10.9. The predicted molar refractivity (Wildman–Crippen MR) is 110 cm³/mol.